The van der Waals surface area contributed by atoms with Gasteiger partial charge in [0.05, 0.1) is 24.8 Å². The highest BCUT2D eigenvalue weighted by Gasteiger charge is 2.45. The first-order valence-corrected chi connectivity index (χ1v) is 17.4. The molecule has 2 aromatic heterocycles. The van der Waals surface area contributed by atoms with Crippen molar-refractivity contribution < 1.29 is 14.3 Å². The molecule has 2 aliphatic rings. The molecular weight excluding hydrogens is 620 g/mol. The number of aryl methyl sites for hydroxylation is 1. The molecule has 6 nitrogen and oxygen atoms in total. The third-order valence-electron chi connectivity index (χ3n) is 10.5. The summed E-state index contributed by atoms with van der Waals surface area (Å²) < 4.78 is 13.0. The van der Waals surface area contributed by atoms with Gasteiger partial charge in [-0.3, -0.25) is 14.1 Å². The van der Waals surface area contributed by atoms with Crippen LogP contribution in [0.25, 0.3) is 16.6 Å². The molecule has 6 aromatic rings. The van der Waals surface area contributed by atoms with Crippen molar-refractivity contribution in [3.05, 3.63) is 176 Å². The average molecular weight is 661 g/mol. The quantitative estimate of drug-likeness (QED) is 0.115. The second-order valence-electron chi connectivity index (χ2n) is 13.4. The summed E-state index contributed by atoms with van der Waals surface area (Å²) in [7, 11) is 1.75. The fourth-order valence-corrected chi connectivity index (χ4v) is 8.11. The van der Waals surface area contributed by atoms with Crippen LogP contribution >= 0.6 is 0 Å². The Labute approximate surface area is 292 Å². The van der Waals surface area contributed by atoms with Crippen molar-refractivity contribution in [2.45, 2.75) is 51.2 Å². The summed E-state index contributed by atoms with van der Waals surface area (Å²) in [6.45, 7) is 5.46. The van der Waals surface area contributed by atoms with E-state index in [-0.39, 0.29) is 17.7 Å². The molecule has 4 aromatic carbocycles. The molecule has 6 heteroatoms. The highest BCUT2D eigenvalue weighted by molar-refractivity contribution is 5.91. The van der Waals surface area contributed by atoms with Crippen LogP contribution in [-0.2, 0) is 23.4 Å². The van der Waals surface area contributed by atoms with Crippen molar-refractivity contribution in [3.63, 3.8) is 0 Å². The second-order valence-corrected chi connectivity index (χ2v) is 13.4. The third kappa shape index (κ3) is 5.14. The summed E-state index contributed by atoms with van der Waals surface area (Å²) in [5.41, 5.74) is 10.2. The topological polar surface area (TPSA) is 60.3 Å². The van der Waals surface area contributed by atoms with Crippen LogP contribution in [0.4, 0.5) is 0 Å². The standard InChI is InChI=1S/C44H40N2O4/c1-4-50-43(48)38-26-37(30-20-21-30)41-29(2)36(22-23-46(41)42(38)47)31-24-32-27-45(28-39(32)40(25-31)49-3)44(33-14-8-5-9-15-33,34-16-10-6-11-17-34)35-18-12-7-13-19-35/h5-19,22-26,30H,4,20-21,27-28H2,1-3H3. The maximum atomic E-state index is 13.6. The molecule has 0 spiro atoms. The van der Waals surface area contributed by atoms with Gasteiger partial charge in [0.15, 0.2) is 0 Å². The molecule has 0 amide bonds. The second kappa shape index (κ2) is 12.8. The molecule has 0 saturated heterocycles. The van der Waals surface area contributed by atoms with Crippen molar-refractivity contribution >= 4 is 11.5 Å². The number of benzene rings is 4. The number of fused-ring (bicyclic) bond motifs is 2. The highest BCUT2D eigenvalue weighted by Crippen LogP contribution is 2.49. The molecular formula is C44H40N2O4. The van der Waals surface area contributed by atoms with Gasteiger partial charge in [-0.25, -0.2) is 4.79 Å². The smallest absolute Gasteiger partial charge is 0.343 e. The first-order valence-electron chi connectivity index (χ1n) is 17.4. The van der Waals surface area contributed by atoms with Gasteiger partial charge in [-0.05, 0) is 101 Å². The van der Waals surface area contributed by atoms with Crippen molar-refractivity contribution in [1.29, 1.82) is 0 Å². The van der Waals surface area contributed by atoms with Crippen LogP contribution in [0.2, 0.25) is 0 Å². The zero-order valence-corrected chi connectivity index (χ0v) is 28.7. The summed E-state index contributed by atoms with van der Waals surface area (Å²) in [5, 5.41) is 0. The predicted molar refractivity (Wildman–Crippen MR) is 197 cm³/mol. The number of hydrogen-bond acceptors (Lipinski definition) is 5. The Morgan fingerprint density at radius 3 is 1.96 bits per heavy atom. The van der Waals surface area contributed by atoms with E-state index in [2.05, 4.69) is 115 Å². The summed E-state index contributed by atoms with van der Waals surface area (Å²) >= 11 is 0. The first kappa shape index (κ1) is 31.8. The van der Waals surface area contributed by atoms with Crippen LogP contribution in [0.3, 0.4) is 0 Å². The number of methoxy groups -OCH3 is 1. The fourth-order valence-electron chi connectivity index (χ4n) is 8.11. The number of hydrogen-bond donors (Lipinski definition) is 0. The van der Waals surface area contributed by atoms with Crippen molar-refractivity contribution in [2.75, 3.05) is 13.7 Å². The minimum absolute atomic E-state index is 0.0939. The van der Waals surface area contributed by atoms with Gasteiger partial charge >= 0.3 is 5.97 Å². The minimum Gasteiger partial charge on any atom is -0.496 e. The average Bonchev–Trinajstić information content (AvgIpc) is 3.91. The van der Waals surface area contributed by atoms with Crippen LogP contribution in [0.5, 0.6) is 5.75 Å². The van der Waals surface area contributed by atoms with E-state index in [1.807, 2.05) is 12.3 Å². The molecule has 8 rings (SSSR count). The van der Waals surface area contributed by atoms with E-state index in [0.29, 0.717) is 19.0 Å². The van der Waals surface area contributed by atoms with Crippen molar-refractivity contribution in [3.8, 4) is 16.9 Å². The molecule has 3 heterocycles. The number of rotatable bonds is 9. The maximum Gasteiger partial charge on any atom is 0.343 e. The van der Waals surface area contributed by atoms with E-state index in [9.17, 15) is 9.59 Å². The van der Waals surface area contributed by atoms with Gasteiger partial charge in [0, 0.05) is 24.8 Å². The van der Waals surface area contributed by atoms with Crippen molar-refractivity contribution in [1.82, 2.24) is 9.30 Å². The normalized spacial score (nSPS) is 14.5. The number of nitrogens with zero attached hydrogens (tertiary/aromatic N) is 2. The molecule has 50 heavy (non-hydrogen) atoms. The highest BCUT2D eigenvalue weighted by atomic mass is 16.5. The lowest BCUT2D eigenvalue weighted by Gasteiger charge is -2.43. The van der Waals surface area contributed by atoms with Gasteiger partial charge in [0.2, 0.25) is 0 Å². The van der Waals surface area contributed by atoms with E-state index in [4.69, 9.17) is 9.47 Å². The van der Waals surface area contributed by atoms with E-state index >= 15 is 0 Å². The van der Waals surface area contributed by atoms with E-state index in [0.717, 1.165) is 46.4 Å². The molecule has 0 N–H and O–H groups in total. The number of pyridine rings is 2. The van der Waals surface area contributed by atoms with Crippen LogP contribution in [0.15, 0.2) is 126 Å². The van der Waals surface area contributed by atoms with Crippen LogP contribution in [-0.4, -0.2) is 29.0 Å². The van der Waals surface area contributed by atoms with Gasteiger partial charge in [-0.1, -0.05) is 91.0 Å². The van der Waals surface area contributed by atoms with Crippen molar-refractivity contribution in [2.24, 2.45) is 0 Å². The lowest BCUT2D eigenvalue weighted by Crippen LogP contribution is -2.45. The molecule has 1 aliphatic heterocycles. The van der Waals surface area contributed by atoms with Gasteiger partial charge < -0.3 is 9.47 Å². The SMILES string of the molecule is CCOC(=O)c1cc(C2CC2)c2c(C)c(-c3cc4c(c(OC)c3)CN(C(c3ccccc3)(c3ccccc3)c3ccccc3)C4)ccn2c1=O. The first-order chi connectivity index (χ1) is 24.4. The Kier molecular flexibility index (Phi) is 8.12. The Morgan fingerprint density at radius 1 is 0.820 bits per heavy atom. The van der Waals surface area contributed by atoms with Gasteiger partial charge in [-0.2, -0.15) is 0 Å². The molecule has 1 aliphatic carbocycles. The zero-order chi connectivity index (χ0) is 34.4. The Bertz CT molecular complexity index is 2180. The van der Waals surface area contributed by atoms with Crippen LogP contribution < -0.4 is 10.3 Å². The summed E-state index contributed by atoms with van der Waals surface area (Å²) in [4.78, 5) is 29.0. The number of carbonyl (C=O) groups excluding carboxylic acids is 1. The lowest BCUT2D eigenvalue weighted by molar-refractivity contribution is 0.0524. The lowest BCUT2D eigenvalue weighted by atomic mass is 9.75. The van der Waals surface area contributed by atoms with Gasteiger partial charge in [0.1, 0.15) is 11.3 Å². The number of carbonyl (C=O) groups is 1. The molecule has 0 atom stereocenters. The Hall–Kier alpha value is -5.46. The fraction of sp³-hybridized carbons (Fsp3) is 0.227. The molecule has 0 unspecified atom stereocenters. The number of esters is 1. The molecule has 0 bridgehead atoms. The van der Waals surface area contributed by atoms with Gasteiger partial charge in [0.25, 0.3) is 5.56 Å². The number of aromatic nitrogens is 1. The summed E-state index contributed by atoms with van der Waals surface area (Å²) in [5.74, 6) is 0.596. The van der Waals surface area contributed by atoms with Gasteiger partial charge in [-0.15, -0.1) is 0 Å². The molecule has 1 fully saturated rings. The summed E-state index contributed by atoms with van der Waals surface area (Å²) in [6.07, 6.45) is 3.88. The monoisotopic (exact) mass is 660 g/mol. The maximum absolute atomic E-state index is 13.6. The summed E-state index contributed by atoms with van der Waals surface area (Å²) in [6, 6.07) is 40.6. The molecule has 250 valence electrons. The number of ether oxygens (including phenoxy) is 2. The Morgan fingerprint density at radius 2 is 1.42 bits per heavy atom. The predicted octanol–water partition coefficient (Wildman–Crippen LogP) is 8.65. The van der Waals surface area contributed by atoms with Crippen LogP contribution in [0.1, 0.15) is 75.0 Å². The van der Waals surface area contributed by atoms with E-state index < -0.39 is 11.5 Å². The van der Waals surface area contributed by atoms with Crippen LogP contribution in [0, 0.1) is 6.92 Å². The van der Waals surface area contributed by atoms with E-state index in [1.54, 1.807) is 24.5 Å². The minimum atomic E-state index is -0.568. The van der Waals surface area contributed by atoms with E-state index in [1.165, 1.54) is 27.8 Å². The molecule has 1 saturated carbocycles. The Balaban J connectivity index is 1.28. The third-order valence-corrected chi connectivity index (χ3v) is 10.5. The zero-order valence-electron chi connectivity index (χ0n) is 28.7. The largest absolute Gasteiger partial charge is 0.496 e. The molecule has 0 radical (unpaired) electrons.